The average Bonchev–Trinajstić information content (AvgIpc) is 3.30. The third kappa shape index (κ3) is 3.96. The molecule has 1 aliphatic rings. The molecule has 6 heteroatoms. The van der Waals surface area contributed by atoms with Crippen molar-refractivity contribution in [2.24, 2.45) is 0 Å². The Balaban J connectivity index is 1.66. The lowest BCUT2D eigenvalue weighted by molar-refractivity contribution is -0.911. The molecule has 5 nitrogen and oxygen atoms in total. The van der Waals surface area contributed by atoms with Crippen LogP contribution in [0.3, 0.4) is 0 Å². The highest BCUT2D eigenvalue weighted by Crippen LogP contribution is 2.19. The summed E-state index contributed by atoms with van der Waals surface area (Å²) in [5.41, 5.74) is 2.14. The van der Waals surface area contributed by atoms with E-state index in [4.69, 9.17) is 22.1 Å². The molecule has 1 fully saturated rings. The minimum atomic E-state index is 0.381. The number of nitrogens with one attached hydrogen (secondary N) is 1. The lowest BCUT2D eigenvalue weighted by Crippen LogP contribution is -3.09. The number of aryl methyl sites for hydroxylation is 1. The summed E-state index contributed by atoms with van der Waals surface area (Å²) in [4.78, 5) is 1.54. The van der Waals surface area contributed by atoms with Crippen LogP contribution in [0.5, 0.6) is 5.75 Å². The molecule has 2 aromatic carbocycles. The Hall–Kier alpha value is -2.44. The molecule has 0 spiro atoms. The first-order chi connectivity index (χ1) is 13.2. The van der Waals surface area contributed by atoms with Gasteiger partial charge in [-0.2, -0.15) is 4.68 Å². The molecule has 1 aliphatic heterocycles. The summed E-state index contributed by atoms with van der Waals surface area (Å²) >= 11 is 5.78. The Labute approximate surface area is 164 Å². The lowest BCUT2D eigenvalue weighted by Gasteiger charge is -2.11. The molecular formula is C21H25N4OS+. The molecule has 0 radical (unpaired) electrons. The van der Waals surface area contributed by atoms with Crippen LogP contribution in [-0.2, 0) is 13.3 Å². The fourth-order valence-electron chi connectivity index (χ4n) is 3.59. The normalized spacial score (nSPS) is 14.6. The molecule has 27 heavy (non-hydrogen) atoms. The first kappa shape index (κ1) is 17.9. The molecule has 140 valence electrons. The van der Waals surface area contributed by atoms with Gasteiger partial charge in [0.25, 0.3) is 0 Å². The van der Waals surface area contributed by atoms with Gasteiger partial charge >= 0.3 is 0 Å². The molecule has 0 atom stereocenters. The van der Waals surface area contributed by atoms with Crippen molar-refractivity contribution in [1.29, 1.82) is 0 Å². The molecule has 0 saturated carbocycles. The first-order valence-electron chi connectivity index (χ1n) is 9.48. The fourth-order valence-corrected chi connectivity index (χ4v) is 3.91. The summed E-state index contributed by atoms with van der Waals surface area (Å²) in [7, 11) is 0. The number of quaternary nitrogens is 1. The molecule has 0 bridgehead atoms. The van der Waals surface area contributed by atoms with Crippen LogP contribution >= 0.6 is 12.2 Å². The number of benzene rings is 2. The van der Waals surface area contributed by atoms with E-state index in [1.807, 2.05) is 45.6 Å². The van der Waals surface area contributed by atoms with Crippen molar-refractivity contribution >= 4 is 12.2 Å². The second-order valence-electron chi connectivity index (χ2n) is 7.04. The Kier molecular flexibility index (Phi) is 5.36. The van der Waals surface area contributed by atoms with E-state index in [9.17, 15) is 0 Å². The number of hydrogen-bond acceptors (Lipinski definition) is 3. The smallest absolute Gasteiger partial charge is 0.207 e. The standard InChI is InChI=1S/C21H24N4OS/c1-17-9-5-6-12-19(17)26-15-20-22-24(16-23-13-7-8-14-23)21(27)25(20)18-10-3-2-4-11-18/h2-6,9-12H,7-8,13-16H2,1H3/p+1. The molecule has 0 unspecified atom stereocenters. The van der Waals surface area contributed by atoms with Gasteiger partial charge in [0.15, 0.2) is 12.5 Å². The summed E-state index contributed by atoms with van der Waals surface area (Å²) in [6.45, 7) is 5.63. The van der Waals surface area contributed by atoms with Crippen LogP contribution in [0.1, 0.15) is 24.2 Å². The van der Waals surface area contributed by atoms with Gasteiger partial charge < -0.3 is 9.64 Å². The van der Waals surface area contributed by atoms with Crippen molar-refractivity contribution in [1.82, 2.24) is 14.3 Å². The first-order valence-corrected chi connectivity index (χ1v) is 9.89. The average molecular weight is 382 g/mol. The minimum Gasteiger partial charge on any atom is -0.485 e. The molecule has 3 aromatic rings. The molecule has 0 aliphatic carbocycles. The zero-order valence-corrected chi connectivity index (χ0v) is 16.4. The van der Waals surface area contributed by atoms with E-state index in [2.05, 4.69) is 25.1 Å². The molecular weight excluding hydrogens is 356 g/mol. The number of likely N-dealkylation sites (tertiary alicyclic amines) is 1. The van der Waals surface area contributed by atoms with E-state index >= 15 is 0 Å². The molecule has 4 rings (SSSR count). The van der Waals surface area contributed by atoms with Crippen LogP contribution in [0.15, 0.2) is 54.6 Å². The summed E-state index contributed by atoms with van der Waals surface area (Å²) in [5, 5.41) is 4.82. The molecule has 0 amide bonds. The van der Waals surface area contributed by atoms with Crippen molar-refractivity contribution in [2.75, 3.05) is 13.1 Å². The van der Waals surface area contributed by atoms with Crippen LogP contribution in [-0.4, -0.2) is 27.4 Å². The van der Waals surface area contributed by atoms with Gasteiger partial charge in [0.05, 0.1) is 13.1 Å². The van der Waals surface area contributed by atoms with Gasteiger partial charge in [0.1, 0.15) is 12.4 Å². The highest BCUT2D eigenvalue weighted by molar-refractivity contribution is 7.71. The van der Waals surface area contributed by atoms with Crippen LogP contribution in [0.4, 0.5) is 0 Å². The highest BCUT2D eigenvalue weighted by Gasteiger charge is 2.20. The largest absolute Gasteiger partial charge is 0.485 e. The molecule has 1 saturated heterocycles. The number of ether oxygens (including phenoxy) is 1. The maximum absolute atomic E-state index is 6.07. The van der Waals surface area contributed by atoms with Gasteiger partial charge in [-0.3, -0.25) is 4.57 Å². The summed E-state index contributed by atoms with van der Waals surface area (Å²) in [6, 6.07) is 18.2. The third-order valence-corrected chi connectivity index (χ3v) is 5.45. The number of para-hydroxylation sites is 2. The van der Waals surface area contributed by atoms with E-state index in [-0.39, 0.29) is 0 Å². The van der Waals surface area contributed by atoms with E-state index in [0.29, 0.717) is 6.61 Å². The Bertz CT molecular complexity index is 958. The molecule has 1 N–H and O–H groups in total. The van der Waals surface area contributed by atoms with E-state index in [1.165, 1.54) is 30.8 Å². The SMILES string of the molecule is Cc1ccccc1OCc1nn(C[NH+]2CCCC2)c(=S)n1-c1ccccc1. The topological polar surface area (TPSA) is 36.4 Å². The Morgan fingerprint density at radius 2 is 1.74 bits per heavy atom. The summed E-state index contributed by atoms with van der Waals surface area (Å²) < 4.78 is 10.8. The van der Waals surface area contributed by atoms with Crippen molar-refractivity contribution in [3.05, 3.63) is 70.8 Å². The monoisotopic (exact) mass is 381 g/mol. The van der Waals surface area contributed by atoms with E-state index in [0.717, 1.165) is 34.3 Å². The maximum Gasteiger partial charge on any atom is 0.207 e. The van der Waals surface area contributed by atoms with Crippen molar-refractivity contribution < 1.29 is 9.64 Å². The van der Waals surface area contributed by atoms with Crippen LogP contribution in [0, 0.1) is 11.7 Å². The van der Waals surface area contributed by atoms with Gasteiger partial charge in [-0.15, -0.1) is 5.10 Å². The van der Waals surface area contributed by atoms with Gasteiger partial charge in [-0.05, 0) is 42.9 Å². The van der Waals surface area contributed by atoms with Gasteiger partial charge in [-0.25, -0.2) is 0 Å². The number of nitrogens with zero attached hydrogens (tertiary/aromatic N) is 3. The second kappa shape index (κ2) is 8.06. The Morgan fingerprint density at radius 3 is 2.48 bits per heavy atom. The number of rotatable bonds is 6. The zero-order chi connectivity index (χ0) is 18.6. The predicted octanol–water partition coefficient (Wildman–Crippen LogP) is 2.93. The number of hydrogen-bond donors (Lipinski definition) is 1. The van der Waals surface area contributed by atoms with Crippen molar-refractivity contribution in [3.63, 3.8) is 0 Å². The van der Waals surface area contributed by atoms with E-state index in [1.54, 1.807) is 0 Å². The van der Waals surface area contributed by atoms with Crippen LogP contribution < -0.4 is 9.64 Å². The van der Waals surface area contributed by atoms with Crippen LogP contribution in [0.2, 0.25) is 0 Å². The van der Waals surface area contributed by atoms with Gasteiger partial charge in [0, 0.05) is 18.5 Å². The van der Waals surface area contributed by atoms with E-state index < -0.39 is 0 Å². The fraction of sp³-hybridized carbons (Fsp3) is 0.333. The quantitative estimate of drug-likeness (QED) is 0.667. The summed E-state index contributed by atoms with van der Waals surface area (Å²) in [6.07, 6.45) is 2.57. The van der Waals surface area contributed by atoms with Crippen LogP contribution in [0.25, 0.3) is 5.69 Å². The van der Waals surface area contributed by atoms with Gasteiger partial charge in [0.2, 0.25) is 4.77 Å². The Morgan fingerprint density at radius 1 is 1.04 bits per heavy atom. The minimum absolute atomic E-state index is 0.381. The lowest BCUT2D eigenvalue weighted by atomic mass is 10.2. The molecule has 1 aromatic heterocycles. The predicted molar refractivity (Wildman–Crippen MR) is 108 cm³/mol. The zero-order valence-electron chi connectivity index (χ0n) is 15.6. The van der Waals surface area contributed by atoms with Crippen molar-refractivity contribution in [3.8, 4) is 11.4 Å². The maximum atomic E-state index is 6.07. The second-order valence-corrected chi connectivity index (χ2v) is 7.40. The number of aromatic nitrogens is 3. The summed E-state index contributed by atoms with van der Waals surface area (Å²) in [5.74, 6) is 1.70. The van der Waals surface area contributed by atoms with Crippen molar-refractivity contribution in [2.45, 2.75) is 33.0 Å². The van der Waals surface area contributed by atoms with Gasteiger partial charge in [-0.1, -0.05) is 36.4 Å². The molecule has 2 heterocycles. The third-order valence-electron chi connectivity index (χ3n) is 5.06. The highest BCUT2D eigenvalue weighted by atomic mass is 32.1.